The van der Waals surface area contributed by atoms with E-state index in [1.165, 1.54) is 0 Å². The number of H-pyrrole nitrogens is 1. The Morgan fingerprint density at radius 2 is 1.70 bits per heavy atom. The third-order valence-electron chi connectivity index (χ3n) is 5.35. The lowest BCUT2D eigenvalue weighted by atomic mass is 9.75. The Kier molecular flexibility index (Phi) is 3.65. The Balaban J connectivity index is 2.19. The summed E-state index contributed by atoms with van der Waals surface area (Å²) in [5.74, 6) is 0. The van der Waals surface area contributed by atoms with Gasteiger partial charge in [-0.05, 0) is 52.6 Å². The maximum Gasteiger partial charge on any atom is 0.495 e. The predicted octanol–water partition coefficient (Wildman–Crippen LogP) is 2.03. The van der Waals surface area contributed by atoms with Crippen molar-refractivity contribution in [1.82, 2.24) is 4.98 Å². The zero-order valence-corrected chi connectivity index (χ0v) is 14.7. The monoisotopic (exact) mass is 316 g/mol. The van der Waals surface area contributed by atoms with E-state index in [0.717, 1.165) is 27.6 Å². The zero-order valence-electron chi connectivity index (χ0n) is 14.7. The highest BCUT2D eigenvalue weighted by Gasteiger charge is 2.52. The number of benzene rings is 1. The summed E-state index contributed by atoms with van der Waals surface area (Å²) in [6, 6.07) is 3.78. The van der Waals surface area contributed by atoms with Crippen LogP contribution in [0.4, 0.5) is 0 Å². The van der Waals surface area contributed by atoms with Crippen LogP contribution < -0.4 is 11.2 Å². The van der Waals surface area contributed by atoms with Crippen LogP contribution >= 0.6 is 0 Å². The van der Waals surface area contributed by atoms with E-state index in [0.29, 0.717) is 5.56 Å². The number of fused-ring (bicyclic) bond motifs is 1. The normalized spacial score (nSPS) is 21.1. The van der Waals surface area contributed by atoms with Gasteiger partial charge >= 0.3 is 7.12 Å². The van der Waals surface area contributed by atoms with Crippen LogP contribution in [0, 0.1) is 13.8 Å². The van der Waals surface area contributed by atoms with Gasteiger partial charge < -0.3 is 25.1 Å². The largest absolute Gasteiger partial charge is 0.495 e. The van der Waals surface area contributed by atoms with Gasteiger partial charge in [0.1, 0.15) is 6.23 Å². The van der Waals surface area contributed by atoms with Crippen molar-refractivity contribution < 1.29 is 14.4 Å². The van der Waals surface area contributed by atoms with Crippen LogP contribution in [0.25, 0.3) is 10.9 Å². The van der Waals surface area contributed by atoms with Crippen LogP contribution in [0.5, 0.6) is 0 Å². The van der Waals surface area contributed by atoms with Gasteiger partial charge in [-0.3, -0.25) is 0 Å². The second-order valence-corrected chi connectivity index (χ2v) is 7.40. The molecule has 23 heavy (non-hydrogen) atoms. The molecule has 2 aromatic rings. The van der Waals surface area contributed by atoms with Crippen molar-refractivity contribution in [3.8, 4) is 0 Å². The molecule has 1 aromatic carbocycles. The second kappa shape index (κ2) is 5.08. The molecular formula is C17H25BN2O3. The molecule has 1 aliphatic heterocycles. The lowest BCUT2D eigenvalue weighted by Crippen LogP contribution is -2.41. The van der Waals surface area contributed by atoms with E-state index in [2.05, 4.69) is 11.9 Å². The summed E-state index contributed by atoms with van der Waals surface area (Å²) in [7, 11) is -0.444. The van der Waals surface area contributed by atoms with Gasteiger partial charge in [-0.25, -0.2) is 0 Å². The molecular weight excluding hydrogens is 291 g/mol. The van der Waals surface area contributed by atoms with Crippen molar-refractivity contribution in [1.29, 1.82) is 0 Å². The fourth-order valence-corrected chi connectivity index (χ4v) is 3.06. The summed E-state index contributed by atoms with van der Waals surface area (Å²) in [6.07, 6.45) is -1.03. The number of aryl methyl sites for hydroxylation is 2. The Hall–Kier alpha value is -1.34. The van der Waals surface area contributed by atoms with Gasteiger partial charge in [0, 0.05) is 16.6 Å². The molecule has 1 fully saturated rings. The van der Waals surface area contributed by atoms with Gasteiger partial charge in [0.05, 0.1) is 16.7 Å². The van der Waals surface area contributed by atoms with Gasteiger partial charge in [-0.1, -0.05) is 12.1 Å². The number of hydrogen-bond acceptors (Lipinski definition) is 4. The number of hydrogen-bond donors (Lipinski definition) is 3. The molecule has 0 amide bonds. The summed E-state index contributed by atoms with van der Waals surface area (Å²) in [4.78, 5) is 3.33. The number of nitrogens with two attached hydrogens (primary N) is 1. The van der Waals surface area contributed by atoms with Crippen molar-refractivity contribution in [2.24, 2.45) is 5.73 Å². The first-order chi connectivity index (χ1) is 10.5. The molecule has 1 atom stereocenters. The molecule has 1 unspecified atom stereocenters. The molecule has 0 saturated carbocycles. The van der Waals surface area contributed by atoms with Gasteiger partial charge in [-0.2, -0.15) is 0 Å². The van der Waals surface area contributed by atoms with Crippen LogP contribution in [-0.4, -0.2) is 28.4 Å². The average molecular weight is 316 g/mol. The zero-order chi connectivity index (χ0) is 17.2. The highest BCUT2D eigenvalue weighted by molar-refractivity contribution is 6.65. The molecule has 3 rings (SSSR count). The molecule has 4 N–H and O–H groups in total. The van der Waals surface area contributed by atoms with E-state index in [1.807, 2.05) is 46.8 Å². The molecule has 124 valence electrons. The fourth-order valence-electron chi connectivity index (χ4n) is 3.06. The average Bonchev–Trinajstić information content (AvgIpc) is 2.83. The smallest absolute Gasteiger partial charge is 0.399 e. The number of aliphatic hydroxyl groups excluding tert-OH is 1. The van der Waals surface area contributed by atoms with Gasteiger partial charge in [0.25, 0.3) is 0 Å². The van der Waals surface area contributed by atoms with E-state index < -0.39 is 24.5 Å². The van der Waals surface area contributed by atoms with Crippen molar-refractivity contribution in [2.45, 2.75) is 59.0 Å². The highest BCUT2D eigenvalue weighted by Crippen LogP contribution is 2.37. The minimum atomic E-state index is -1.03. The van der Waals surface area contributed by atoms with Crippen molar-refractivity contribution in [3.05, 3.63) is 29.0 Å². The fraction of sp³-hybridized carbons (Fsp3) is 0.529. The Labute approximate surface area is 137 Å². The molecule has 5 nitrogen and oxygen atoms in total. The maximum absolute atomic E-state index is 9.84. The van der Waals surface area contributed by atoms with Gasteiger partial charge in [0.2, 0.25) is 0 Å². The second-order valence-electron chi connectivity index (χ2n) is 7.40. The lowest BCUT2D eigenvalue weighted by Gasteiger charge is -2.32. The van der Waals surface area contributed by atoms with E-state index >= 15 is 0 Å². The van der Waals surface area contributed by atoms with Crippen LogP contribution in [0.3, 0.4) is 0 Å². The Morgan fingerprint density at radius 3 is 2.22 bits per heavy atom. The summed E-state index contributed by atoms with van der Waals surface area (Å²) in [5.41, 5.74) is 9.57. The van der Waals surface area contributed by atoms with Gasteiger partial charge in [0.15, 0.2) is 0 Å². The lowest BCUT2D eigenvalue weighted by molar-refractivity contribution is 0.00578. The van der Waals surface area contributed by atoms with E-state index in [9.17, 15) is 5.11 Å². The standard InChI is InChI=1S/C17H25BN2O3/c1-9-10(2)20-14-11(15(19)21)7-8-12(13(9)14)18-22-16(3,4)17(5,6)23-18/h7-8,15,20-21H,19H2,1-6H3. The minimum Gasteiger partial charge on any atom is -0.399 e. The molecule has 0 bridgehead atoms. The molecule has 0 aliphatic carbocycles. The first-order valence-corrected chi connectivity index (χ1v) is 7.96. The van der Waals surface area contributed by atoms with Crippen LogP contribution in [0.1, 0.15) is 50.7 Å². The third-order valence-corrected chi connectivity index (χ3v) is 5.35. The van der Waals surface area contributed by atoms with E-state index in [4.69, 9.17) is 15.0 Å². The van der Waals surface area contributed by atoms with Crippen LogP contribution in [0.2, 0.25) is 0 Å². The van der Waals surface area contributed by atoms with Gasteiger partial charge in [-0.15, -0.1) is 0 Å². The quantitative estimate of drug-likeness (QED) is 0.585. The van der Waals surface area contributed by atoms with Crippen LogP contribution in [-0.2, 0) is 9.31 Å². The number of aromatic amines is 1. The minimum absolute atomic E-state index is 0.394. The molecule has 0 spiro atoms. The summed E-state index contributed by atoms with van der Waals surface area (Å²) in [5, 5.41) is 10.9. The number of aromatic nitrogens is 1. The molecule has 1 saturated heterocycles. The third kappa shape index (κ3) is 2.41. The maximum atomic E-state index is 9.84. The molecule has 2 heterocycles. The predicted molar refractivity (Wildman–Crippen MR) is 92.6 cm³/mol. The van der Waals surface area contributed by atoms with Crippen molar-refractivity contribution >= 4 is 23.5 Å². The molecule has 1 aromatic heterocycles. The van der Waals surface area contributed by atoms with Crippen LogP contribution in [0.15, 0.2) is 12.1 Å². The summed E-state index contributed by atoms with van der Waals surface area (Å²) in [6.45, 7) is 12.2. The molecule has 1 aliphatic rings. The SMILES string of the molecule is Cc1[nH]c2c(C(N)O)ccc(B3OC(C)(C)C(C)(C)O3)c2c1C. The van der Waals surface area contributed by atoms with Crippen molar-refractivity contribution in [2.75, 3.05) is 0 Å². The number of rotatable bonds is 2. The van der Waals surface area contributed by atoms with Crippen molar-refractivity contribution in [3.63, 3.8) is 0 Å². The summed E-state index contributed by atoms with van der Waals surface area (Å²) < 4.78 is 12.4. The number of aliphatic hydroxyl groups is 1. The number of nitrogens with one attached hydrogen (secondary N) is 1. The first-order valence-electron chi connectivity index (χ1n) is 7.96. The first kappa shape index (κ1) is 16.5. The highest BCUT2D eigenvalue weighted by atomic mass is 16.7. The Bertz CT molecular complexity index is 749. The topological polar surface area (TPSA) is 80.5 Å². The van der Waals surface area contributed by atoms with E-state index in [-0.39, 0.29) is 0 Å². The van der Waals surface area contributed by atoms with E-state index in [1.54, 1.807) is 0 Å². The molecule has 6 heteroatoms. The molecule has 0 radical (unpaired) electrons. The Morgan fingerprint density at radius 1 is 1.13 bits per heavy atom. The summed E-state index contributed by atoms with van der Waals surface area (Å²) >= 11 is 0.